The normalized spacial score (nSPS) is 31.9. The summed E-state index contributed by atoms with van der Waals surface area (Å²) >= 11 is 5.73. The number of nitrogens with zero attached hydrogens (tertiary/aromatic N) is 2. The molecular formula is C12H23ClN2O2S. The van der Waals surface area contributed by atoms with Gasteiger partial charge in [-0.2, -0.15) is 17.0 Å². The van der Waals surface area contributed by atoms with E-state index in [1.54, 1.807) is 8.61 Å². The molecular weight excluding hydrogens is 272 g/mol. The first kappa shape index (κ1) is 14.6. The Bertz CT molecular complexity index is 374. The molecule has 4 nitrogen and oxygen atoms in total. The third kappa shape index (κ3) is 3.18. The van der Waals surface area contributed by atoms with Gasteiger partial charge in [-0.1, -0.05) is 6.92 Å². The number of halogens is 1. The molecule has 2 saturated heterocycles. The van der Waals surface area contributed by atoms with Gasteiger partial charge in [0, 0.05) is 32.1 Å². The number of alkyl halides is 1. The monoisotopic (exact) mass is 294 g/mol. The SMILES string of the molecule is CC1CCCN(S(=O)(=O)N2CCC(CCCl)C2)C1. The quantitative estimate of drug-likeness (QED) is 0.743. The van der Waals surface area contributed by atoms with E-state index in [1.807, 2.05) is 0 Å². The molecule has 2 rings (SSSR count). The van der Waals surface area contributed by atoms with Gasteiger partial charge in [-0.3, -0.25) is 0 Å². The van der Waals surface area contributed by atoms with E-state index in [0.29, 0.717) is 43.9 Å². The van der Waals surface area contributed by atoms with Gasteiger partial charge in [0.2, 0.25) is 0 Å². The fourth-order valence-electron chi connectivity index (χ4n) is 2.92. The number of rotatable bonds is 4. The zero-order valence-electron chi connectivity index (χ0n) is 11.0. The maximum atomic E-state index is 12.5. The molecule has 0 N–H and O–H groups in total. The standard InChI is InChI=1S/C12H23ClN2O2S/c1-11-3-2-7-14(9-11)18(16,17)15-8-5-12(10-15)4-6-13/h11-12H,2-10H2,1H3. The van der Waals surface area contributed by atoms with Crippen molar-refractivity contribution in [2.75, 3.05) is 32.1 Å². The number of piperidine rings is 1. The Morgan fingerprint density at radius 3 is 2.56 bits per heavy atom. The van der Waals surface area contributed by atoms with Gasteiger partial charge in [-0.25, -0.2) is 0 Å². The topological polar surface area (TPSA) is 40.6 Å². The highest BCUT2D eigenvalue weighted by Crippen LogP contribution is 2.26. The minimum atomic E-state index is -3.22. The van der Waals surface area contributed by atoms with Gasteiger partial charge in [0.15, 0.2) is 0 Å². The summed E-state index contributed by atoms with van der Waals surface area (Å²) in [4.78, 5) is 0. The molecule has 2 aliphatic heterocycles. The second-order valence-electron chi connectivity index (χ2n) is 5.60. The lowest BCUT2D eigenvalue weighted by Crippen LogP contribution is -2.46. The van der Waals surface area contributed by atoms with E-state index in [4.69, 9.17) is 11.6 Å². The molecule has 0 aromatic carbocycles. The van der Waals surface area contributed by atoms with Crippen molar-refractivity contribution in [1.29, 1.82) is 0 Å². The van der Waals surface area contributed by atoms with Gasteiger partial charge >= 0.3 is 0 Å². The number of hydrogen-bond donors (Lipinski definition) is 0. The Morgan fingerprint density at radius 1 is 1.17 bits per heavy atom. The third-order valence-electron chi connectivity index (χ3n) is 4.04. The maximum absolute atomic E-state index is 12.5. The van der Waals surface area contributed by atoms with Gasteiger partial charge in [-0.05, 0) is 37.5 Å². The summed E-state index contributed by atoms with van der Waals surface area (Å²) in [6, 6.07) is 0. The largest absolute Gasteiger partial charge is 0.281 e. The molecule has 0 radical (unpaired) electrons. The van der Waals surface area contributed by atoms with Crippen molar-refractivity contribution in [3.05, 3.63) is 0 Å². The minimum Gasteiger partial charge on any atom is -0.195 e. The Hall–Kier alpha value is 0.160. The average molecular weight is 295 g/mol. The van der Waals surface area contributed by atoms with Gasteiger partial charge in [-0.15, -0.1) is 11.6 Å². The molecule has 0 amide bonds. The molecule has 18 heavy (non-hydrogen) atoms. The van der Waals surface area contributed by atoms with E-state index in [-0.39, 0.29) is 0 Å². The summed E-state index contributed by atoms with van der Waals surface area (Å²) in [6.45, 7) is 4.80. The Labute approximate surface area is 115 Å². The molecule has 0 aromatic heterocycles. The van der Waals surface area contributed by atoms with Crippen molar-refractivity contribution >= 4 is 21.8 Å². The Morgan fingerprint density at radius 2 is 1.89 bits per heavy atom. The van der Waals surface area contributed by atoms with Crippen molar-refractivity contribution in [3.63, 3.8) is 0 Å². The molecule has 0 saturated carbocycles. The molecule has 2 aliphatic rings. The Kier molecular flexibility index (Phi) is 4.92. The van der Waals surface area contributed by atoms with Crippen LogP contribution >= 0.6 is 11.6 Å². The molecule has 2 unspecified atom stereocenters. The van der Waals surface area contributed by atoms with Gasteiger partial charge in [0.05, 0.1) is 0 Å². The van der Waals surface area contributed by atoms with Crippen molar-refractivity contribution in [3.8, 4) is 0 Å². The first-order valence-electron chi connectivity index (χ1n) is 6.85. The molecule has 0 bridgehead atoms. The highest BCUT2D eigenvalue weighted by Gasteiger charge is 2.36. The van der Waals surface area contributed by atoms with Crippen molar-refractivity contribution in [2.45, 2.75) is 32.6 Å². The third-order valence-corrected chi connectivity index (χ3v) is 6.22. The van der Waals surface area contributed by atoms with E-state index in [0.717, 1.165) is 25.7 Å². The zero-order valence-corrected chi connectivity index (χ0v) is 12.6. The van der Waals surface area contributed by atoms with Crippen LogP contribution in [-0.4, -0.2) is 49.1 Å². The second kappa shape index (κ2) is 6.07. The summed E-state index contributed by atoms with van der Waals surface area (Å²) in [5, 5.41) is 0. The molecule has 2 fully saturated rings. The van der Waals surface area contributed by atoms with Gasteiger partial charge in [0.1, 0.15) is 0 Å². The number of hydrogen-bond acceptors (Lipinski definition) is 2. The lowest BCUT2D eigenvalue weighted by Gasteiger charge is -2.33. The second-order valence-corrected chi connectivity index (χ2v) is 7.91. The molecule has 2 atom stereocenters. The van der Waals surface area contributed by atoms with Crippen LogP contribution in [0.3, 0.4) is 0 Å². The van der Waals surface area contributed by atoms with Crippen LogP contribution in [0.15, 0.2) is 0 Å². The molecule has 0 spiro atoms. The van der Waals surface area contributed by atoms with E-state index in [1.165, 1.54) is 0 Å². The first-order valence-corrected chi connectivity index (χ1v) is 8.78. The molecule has 0 aliphatic carbocycles. The zero-order chi connectivity index (χ0) is 13.2. The maximum Gasteiger partial charge on any atom is 0.281 e. The summed E-state index contributed by atoms with van der Waals surface area (Å²) < 4.78 is 28.3. The van der Waals surface area contributed by atoms with Crippen LogP contribution in [0.5, 0.6) is 0 Å². The van der Waals surface area contributed by atoms with Crippen LogP contribution in [0, 0.1) is 11.8 Å². The van der Waals surface area contributed by atoms with Crippen molar-refractivity contribution in [2.24, 2.45) is 11.8 Å². The first-order chi connectivity index (χ1) is 8.54. The van der Waals surface area contributed by atoms with Crippen molar-refractivity contribution < 1.29 is 8.42 Å². The summed E-state index contributed by atoms with van der Waals surface area (Å²) in [7, 11) is -3.22. The predicted octanol–water partition coefficient (Wildman–Crippen LogP) is 1.91. The molecule has 0 aromatic rings. The van der Waals surface area contributed by atoms with Gasteiger partial charge < -0.3 is 0 Å². The van der Waals surface area contributed by atoms with E-state index >= 15 is 0 Å². The average Bonchev–Trinajstić information content (AvgIpc) is 2.79. The summed E-state index contributed by atoms with van der Waals surface area (Å²) in [6.07, 6.45) is 4.00. The lowest BCUT2D eigenvalue weighted by molar-refractivity contribution is 0.263. The van der Waals surface area contributed by atoms with E-state index in [2.05, 4.69) is 6.92 Å². The van der Waals surface area contributed by atoms with Crippen LogP contribution in [0.25, 0.3) is 0 Å². The summed E-state index contributed by atoms with van der Waals surface area (Å²) in [5.74, 6) is 1.55. The van der Waals surface area contributed by atoms with Crippen LogP contribution < -0.4 is 0 Å². The van der Waals surface area contributed by atoms with Crippen LogP contribution in [-0.2, 0) is 10.2 Å². The fraction of sp³-hybridized carbons (Fsp3) is 1.00. The summed E-state index contributed by atoms with van der Waals surface area (Å²) in [5.41, 5.74) is 0. The lowest BCUT2D eigenvalue weighted by atomic mass is 10.0. The smallest absolute Gasteiger partial charge is 0.195 e. The van der Waals surface area contributed by atoms with E-state index in [9.17, 15) is 8.42 Å². The molecule has 6 heteroatoms. The highest BCUT2D eigenvalue weighted by atomic mass is 35.5. The fourth-order valence-corrected chi connectivity index (χ4v) is 5.09. The minimum absolute atomic E-state index is 0.444. The highest BCUT2D eigenvalue weighted by molar-refractivity contribution is 7.86. The van der Waals surface area contributed by atoms with Crippen LogP contribution in [0.4, 0.5) is 0 Å². The predicted molar refractivity (Wildman–Crippen MR) is 73.9 cm³/mol. The van der Waals surface area contributed by atoms with E-state index < -0.39 is 10.2 Å². The van der Waals surface area contributed by atoms with Crippen molar-refractivity contribution in [1.82, 2.24) is 8.61 Å². The molecule has 106 valence electrons. The van der Waals surface area contributed by atoms with Crippen LogP contribution in [0.2, 0.25) is 0 Å². The molecule has 2 heterocycles. The van der Waals surface area contributed by atoms with Crippen LogP contribution in [0.1, 0.15) is 32.6 Å². The Balaban J connectivity index is 1.98. The van der Waals surface area contributed by atoms with Gasteiger partial charge in [0.25, 0.3) is 10.2 Å².